The summed E-state index contributed by atoms with van der Waals surface area (Å²) in [6.45, 7) is 1.16. The fourth-order valence-corrected chi connectivity index (χ4v) is 5.42. The van der Waals surface area contributed by atoms with Crippen LogP contribution in [0.1, 0.15) is 29.2 Å². The lowest BCUT2D eigenvalue weighted by molar-refractivity contribution is -0.170. The zero-order valence-electron chi connectivity index (χ0n) is 21.6. The molecule has 0 fully saturated rings. The predicted octanol–water partition coefficient (Wildman–Crippen LogP) is 3.80. The van der Waals surface area contributed by atoms with Crippen LogP contribution in [0, 0.1) is 0 Å². The van der Waals surface area contributed by atoms with E-state index in [4.69, 9.17) is 4.74 Å². The summed E-state index contributed by atoms with van der Waals surface area (Å²) in [4.78, 5) is 26.9. The number of benzene rings is 4. The summed E-state index contributed by atoms with van der Waals surface area (Å²) in [5, 5.41) is 30.0. The molecule has 39 heavy (non-hydrogen) atoms. The van der Waals surface area contributed by atoms with Gasteiger partial charge in [-0.05, 0) is 29.2 Å². The number of hydrogen-bond donors (Lipinski definition) is 3. The fourth-order valence-electron chi connectivity index (χ4n) is 5.42. The molecule has 0 saturated heterocycles. The summed E-state index contributed by atoms with van der Waals surface area (Å²) >= 11 is 0. The zero-order valence-corrected chi connectivity index (χ0v) is 21.6. The van der Waals surface area contributed by atoms with Gasteiger partial charge < -0.3 is 20.1 Å². The van der Waals surface area contributed by atoms with Crippen molar-refractivity contribution in [3.05, 3.63) is 144 Å². The van der Waals surface area contributed by atoms with Crippen LogP contribution in [0.4, 0.5) is 0 Å². The van der Waals surface area contributed by atoms with E-state index in [0.717, 1.165) is 11.1 Å². The zero-order chi connectivity index (χ0) is 27.9. The van der Waals surface area contributed by atoms with E-state index in [0.29, 0.717) is 11.1 Å². The van der Waals surface area contributed by atoms with Crippen LogP contribution in [-0.4, -0.2) is 52.5 Å². The maximum absolute atomic E-state index is 14.8. The van der Waals surface area contributed by atoms with Gasteiger partial charge in [-0.1, -0.05) is 121 Å². The second kappa shape index (κ2) is 12.2. The number of aliphatic hydroxyl groups is 3. The van der Waals surface area contributed by atoms with Gasteiger partial charge in [0, 0.05) is 5.41 Å². The number of aliphatic hydroxyl groups excluding tert-OH is 3. The lowest BCUT2D eigenvalue weighted by Gasteiger charge is -2.49. The summed E-state index contributed by atoms with van der Waals surface area (Å²) in [6, 6.07) is 37.6. The summed E-state index contributed by atoms with van der Waals surface area (Å²) in [5.74, 6) is -0.795. The van der Waals surface area contributed by atoms with Crippen LogP contribution in [0.2, 0.25) is 0 Å². The fraction of sp³-hybridized carbons (Fsp3) is 0.212. The van der Waals surface area contributed by atoms with Crippen molar-refractivity contribution in [3.8, 4) is 0 Å². The average Bonchev–Trinajstić information content (AvgIpc) is 3.01. The number of esters is 1. The average molecular weight is 525 g/mol. The van der Waals surface area contributed by atoms with Gasteiger partial charge in [0.2, 0.25) is 0 Å². The number of aldehydes is 1. The van der Waals surface area contributed by atoms with Crippen LogP contribution in [0.15, 0.2) is 121 Å². The Morgan fingerprint density at radius 2 is 1.08 bits per heavy atom. The van der Waals surface area contributed by atoms with Gasteiger partial charge in [0.1, 0.15) is 17.6 Å². The summed E-state index contributed by atoms with van der Waals surface area (Å²) in [6.07, 6.45) is -4.95. The Balaban J connectivity index is 2.10. The second-order valence-electron chi connectivity index (χ2n) is 9.59. The molecule has 6 nitrogen and oxygen atoms in total. The molecule has 0 aromatic heterocycles. The molecule has 0 radical (unpaired) electrons. The standard InChI is InChI=1S/C33H32O6/c1-32(24-14-6-2-7-15-24,25-16-8-3-9-17-25)33(26-18-10-4-11-19-26,27-20-12-5-13-21-27)31(38)39-29(23-35)30(37)28(36)22-34/h2-21,23,28-30,34,36-37H,22H2,1H3/t28-,29+,30+/m1/s1. The molecule has 3 atom stereocenters. The lowest BCUT2D eigenvalue weighted by atomic mass is 9.52. The summed E-state index contributed by atoms with van der Waals surface area (Å²) in [5.41, 5.74) is 0.197. The van der Waals surface area contributed by atoms with Gasteiger partial charge in [-0.25, -0.2) is 0 Å². The predicted molar refractivity (Wildman–Crippen MR) is 148 cm³/mol. The van der Waals surface area contributed by atoms with E-state index in [1.54, 1.807) is 0 Å². The molecule has 0 aliphatic heterocycles. The van der Waals surface area contributed by atoms with Crippen LogP contribution in [-0.2, 0) is 25.2 Å². The van der Waals surface area contributed by atoms with Crippen molar-refractivity contribution < 1.29 is 29.6 Å². The molecular weight excluding hydrogens is 492 g/mol. The molecule has 200 valence electrons. The highest BCUT2D eigenvalue weighted by Gasteiger charge is 2.59. The van der Waals surface area contributed by atoms with Crippen LogP contribution in [0.5, 0.6) is 0 Å². The smallest absolute Gasteiger partial charge is 0.323 e. The second-order valence-corrected chi connectivity index (χ2v) is 9.59. The Bertz CT molecular complexity index is 1260. The van der Waals surface area contributed by atoms with Crippen molar-refractivity contribution in [2.75, 3.05) is 6.61 Å². The van der Waals surface area contributed by atoms with Crippen LogP contribution in [0.25, 0.3) is 0 Å². The Labute approximate surface area is 228 Å². The Hall–Kier alpha value is -4.10. The molecule has 0 saturated carbocycles. The first-order chi connectivity index (χ1) is 18.9. The van der Waals surface area contributed by atoms with E-state index < -0.39 is 41.7 Å². The molecule has 6 heteroatoms. The van der Waals surface area contributed by atoms with Crippen molar-refractivity contribution in [1.29, 1.82) is 0 Å². The molecule has 4 aromatic carbocycles. The maximum atomic E-state index is 14.8. The van der Waals surface area contributed by atoms with E-state index in [-0.39, 0.29) is 6.29 Å². The van der Waals surface area contributed by atoms with Crippen molar-refractivity contribution in [1.82, 2.24) is 0 Å². The first kappa shape index (κ1) is 27.9. The molecule has 3 N–H and O–H groups in total. The van der Waals surface area contributed by atoms with Crippen LogP contribution in [0.3, 0.4) is 0 Å². The molecule has 0 aliphatic carbocycles. The Morgan fingerprint density at radius 3 is 1.41 bits per heavy atom. The SMILES string of the molecule is CC(c1ccccc1)(c1ccccc1)C(C(=O)O[C@@H](C=O)[C@@H](O)[C@H](O)CO)(c1ccccc1)c1ccccc1. The number of rotatable bonds is 11. The highest BCUT2D eigenvalue weighted by Crippen LogP contribution is 2.53. The first-order valence-corrected chi connectivity index (χ1v) is 12.8. The monoisotopic (exact) mass is 524 g/mol. The minimum atomic E-state index is -1.82. The van der Waals surface area contributed by atoms with Crippen LogP contribution < -0.4 is 0 Å². The maximum Gasteiger partial charge on any atom is 0.323 e. The van der Waals surface area contributed by atoms with Gasteiger partial charge >= 0.3 is 5.97 Å². The highest BCUT2D eigenvalue weighted by atomic mass is 16.6. The van der Waals surface area contributed by atoms with E-state index in [2.05, 4.69) is 0 Å². The minimum absolute atomic E-state index is 0.268. The Morgan fingerprint density at radius 1 is 0.718 bits per heavy atom. The molecule has 4 rings (SSSR count). The molecule has 0 unspecified atom stereocenters. The van der Waals surface area contributed by atoms with Crippen molar-refractivity contribution in [3.63, 3.8) is 0 Å². The van der Waals surface area contributed by atoms with Crippen molar-refractivity contribution >= 4 is 12.3 Å². The molecule has 4 aromatic rings. The lowest BCUT2D eigenvalue weighted by Crippen LogP contribution is -2.57. The molecular formula is C33H32O6. The van der Waals surface area contributed by atoms with Crippen LogP contribution >= 0.6 is 0 Å². The third kappa shape index (κ3) is 5.02. The number of hydrogen-bond acceptors (Lipinski definition) is 6. The van der Waals surface area contributed by atoms with Gasteiger partial charge in [0.25, 0.3) is 0 Å². The van der Waals surface area contributed by atoms with Crippen molar-refractivity contribution in [2.24, 2.45) is 0 Å². The third-order valence-electron chi connectivity index (χ3n) is 7.47. The molecule has 0 aliphatic rings. The quantitative estimate of drug-likeness (QED) is 0.204. The van der Waals surface area contributed by atoms with Gasteiger partial charge in [-0.2, -0.15) is 0 Å². The van der Waals surface area contributed by atoms with Gasteiger partial charge in [-0.3, -0.25) is 9.59 Å². The molecule has 0 heterocycles. The first-order valence-electron chi connectivity index (χ1n) is 12.8. The Kier molecular flexibility index (Phi) is 8.72. The van der Waals surface area contributed by atoms with E-state index >= 15 is 0 Å². The molecule has 0 amide bonds. The van der Waals surface area contributed by atoms with Gasteiger partial charge in [0.15, 0.2) is 12.4 Å². The highest BCUT2D eigenvalue weighted by molar-refractivity contribution is 5.92. The summed E-state index contributed by atoms with van der Waals surface area (Å²) in [7, 11) is 0. The normalized spacial score (nSPS) is 14.2. The largest absolute Gasteiger partial charge is 0.451 e. The van der Waals surface area contributed by atoms with E-state index in [1.165, 1.54) is 0 Å². The van der Waals surface area contributed by atoms with Crippen molar-refractivity contribution in [2.45, 2.75) is 36.1 Å². The summed E-state index contributed by atoms with van der Waals surface area (Å²) < 4.78 is 5.82. The van der Waals surface area contributed by atoms with E-state index in [9.17, 15) is 24.9 Å². The minimum Gasteiger partial charge on any atom is -0.451 e. The number of carbonyl (C=O) groups is 2. The third-order valence-corrected chi connectivity index (χ3v) is 7.47. The number of carbonyl (C=O) groups excluding carboxylic acids is 2. The molecule has 0 spiro atoms. The number of ether oxygens (including phenoxy) is 1. The molecule has 0 bridgehead atoms. The van der Waals surface area contributed by atoms with Gasteiger partial charge in [-0.15, -0.1) is 0 Å². The van der Waals surface area contributed by atoms with Gasteiger partial charge in [0.05, 0.1) is 6.61 Å². The van der Waals surface area contributed by atoms with E-state index in [1.807, 2.05) is 128 Å². The topological polar surface area (TPSA) is 104 Å².